The predicted octanol–water partition coefficient (Wildman–Crippen LogP) is 14.8. The third kappa shape index (κ3) is 14.1. The van der Waals surface area contributed by atoms with Gasteiger partial charge in [0.15, 0.2) is 15.6 Å². The van der Waals surface area contributed by atoms with Crippen LogP contribution in [-0.2, 0) is 15.6 Å². The molecule has 6 heterocycles. The fraction of sp³-hybridized carbons (Fsp3) is 0.212. The highest BCUT2D eigenvalue weighted by Crippen LogP contribution is 2.36. The van der Waals surface area contributed by atoms with Gasteiger partial charge in [-0.1, -0.05) is 93.5 Å². The largest absolute Gasteiger partial charge is 0.495 e. The summed E-state index contributed by atoms with van der Waals surface area (Å²) >= 11 is 9.27. The van der Waals surface area contributed by atoms with E-state index in [9.17, 15) is 19.2 Å². The summed E-state index contributed by atoms with van der Waals surface area (Å²) in [5.74, 6) is 3.31. The summed E-state index contributed by atoms with van der Waals surface area (Å²) in [4.78, 5) is 60.8. The van der Waals surface area contributed by atoms with E-state index in [4.69, 9.17) is 45.9 Å². The molecule has 6 aromatic carbocycles. The molecule has 91 heavy (non-hydrogen) atoms. The second-order valence-corrected chi connectivity index (χ2v) is 25.3. The van der Waals surface area contributed by atoms with E-state index in [1.165, 1.54) is 28.9 Å². The standard InChI is InChI=1S/C33H31ClN6O5S.C33H33N7O4S/c1-6-44-30(41)25-18-35-32-39(25)24-13-12-22(16-27(24)46-32)45-21-10-7-19(8-11-21)36-31(42)37-29-17-28(33(2,3)4)38-40(29)20-9-14-26(43-5)23(34)15-20;1-20-5-9-22(10-6-20)40-29(18-28(38-40)33(2,3)4)37-31(43)35-21-7-11-23(12-8-21)44-24-13-14-26-27(17-24)45-32-36-25(19-39(26)32)30(42)34-15-16-41/h7-18H,6H2,1-5H3,(H2,36,37,42);5-14,17-19,41H,15-16H2,1-4H3,(H,34,42)(H2,35,37,43). The van der Waals surface area contributed by atoms with E-state index < -0.39 is 12.0 Å². The Morgan fingerprint density at radius 1 is 0.626 bits per heavy atom. The van der Waals surface area contributed by atoms with Gasteiger partial charge >= 0.3 is 18.0 Å². The van der Waals surface area contributed by atoms with Gasteiger partial charge in [-0.3, -0.25) is 24.2 Å². The molecule has 0 aliphatic carbocycles. The first-order chi connectivity index (χ1) is 43.6. The van der Waals surface area contributed by atoms with Crippen LogP contribution in [0.1, 0.15) is 86.4 Å². The molecule has 0 radical (unpaired) electrons. The molecule has 5 amide bonds. The Labute approximate surface area is 535 Å². The minimum absolute atomic E-state index is 0.130. The first-order valence-electron chi connectivity index (χ1n) is 28.8. The number of hydrogen-bond acceptors (Lipinski definition) is 15. The van der Waals surface area contributed by atoms with E-state index >= 15 is 0 Å². The maximum absolute atomic E-state index is 13.1. The molecule has 0 atom stereocenters. The number of hydrogen-bond donors (Lipinski definition) is 6. The average Bonchev–Trinajstić information content (AvgIpc) is 1.64. The van der Waals surface area contributed by atoms with Gasteiger partial charge < -0.3 is 40.0 Å². The number of rotatable bonds is 16. The van der Waals surface area contributed by atoms with Gasteiger partial charge in [0.25, 0.3) is 5.91 Å². The molecule has 12 rings (SSSR count). The topological polar surface area (TPSA) is 256 Å². The number of thiazole rings is 2. The van der Waals surface area contributed by atoms with Crippen LogP contribution in [0, 0.1) is 6.92 Å². The van der Waals surface area contributed by atoms with Crippen molar-refractivity contribution < 1.29 is 43.2 Å². The van der Waals surface area contributed by atoms with Gasteiger partial charge in [0.1, 0.15) is 46.1 Å². The number of aliphatic hydroxyl groups excluding tert-OH is 1. The van der Waals surface area contributed by atoms with Crippen LogP contribution in [0.4, 0.5) is 32.6 Å². The van der Waals surface area contributed by atoms with Gasteiger partial charge in [-0.15, -0.1) is 0 Å². The Morgan fingerprint density at radius 3 is 1.69 bits per heavy atom. The van der Waals surface area contributed by atoms with E-state index in [1.54, 1.807) is 94.7 Å². The summed E-state index contributed by atoms with van der Waals surface area (Å²) in [7, 11) is 1.55. The van der Waals surface area contributed by atoms with Crippen molar-refractivity contribution in [2.75, 3.05) is 48.1 Å². The number of benzene rings is 6. The Balaban J connectivity index is 0.000000187. The smallest absolute Gasteiger partial charge is 0.357 e. The van der Waals surface area contributed by atoms with E-state index in [2.05, 4.69) is 57.3 Å². The lowest BCUT2D eigenvalue weighted by Crippen LogP contribution is -2.26. The molecule has 6 N–H and O–H groups in total. The molecule has 466 valence electrons. The fourth-order valence-electron chi connectivity index (χ4n) is 9.41. The first kappa shape index (κ1) is 62.3. The van der Waals surface area contributed by atoms with Crippen molar-refractivity contribution in [2.45, 2.75) is 66.2 Å². The highest BCUT2D eigenvalue weighted by Gasteiger charge is 2.25. The minimum Gasteiger partial charge on any atom is -0.495 e. The molecule has 0 unspecified atom stereocenters. The van der Waals surface area contributed by atoms with Crippen molar-refractivity contribution in [3.8, 4) is 40.1 Å². The van der Waals surface area contributed by atoms with Crippen LogP contribution < -0.4 is 40.8 Å². The number of anilines is 4. The fourth-order valence-corrected chi connectivity index (χ4v) is 11.7. The Hall–Kier alpha value is -10.3. The number of fused-ring (bicyclic) bond motifs is 6. The zero-order valence-corrected chi connectivity index (χ0v) is 53.4. The predicted molar refractivity (Wildman–Crippen MR) is 356 cm³/mol. The Morgan fingerprint density at radius 2 is 1.15 bits per heavy atom. The van der Waals surface area contributed by atoms with E-state index in [0.717, 1.165) is 43.1 Å². The van der Waals surface area contributed by atoms with Crippen LogP contribution in [0.15, 0.2) is 152 Å². The number of nitrogens with one attached hydrogen (secondary N) is 5. The summed E-state index contributed by atoms with van der Waals surface area (Å²) in [6.45, 7) is 16.5. The van der Waals surface area contributed by atoms with Crippen molar-refractivity contribution in [1.29, 1.82) is 0 Å². The lowest BCUT2D eigenvalue weighted by Gasteiger charge is -2.14. The SMILES string of the molecule is CCOC(=O)c1cnc2sc3cc(Oc4ccc(NC(=O)Nc5cc(C(C)(C)C)nn5-c5ccc(OC)c(Cl)c5)cc4)ccc3n12.Cc1ccc(-n2nc(C(C)(C)C)cc2NC(=O)Nc2ccc(Oc3ccc4c(c3)sc3nc(C(=O)NCCO)cn34)cc2)cc1. The van der Waals surface area contributed by atoms with Gasteiger partial charge in [0.05, 0.1) is 74.7 Å². The van der Waals surface area contributed by atoms with Crippen molar-refractivity contribution in [1.82, 2.24) is 43.6 Å². The molecule has 0 aliphatic heterocycles. The van der Waals surface area contributed by atoms with E-state index in [0.29, 0.717) is 83.8 Å². The Bertz CT molecular complexity index is 4670. The molecule has 22 nitrogen and oxygen atoms in total. The number of methoxy groups -OCH3 is 1. The lowest BCUT2D eigenvalue weighted by molar-refractivity contribution is 0.0518. The maximum atomic E-state index is 13.1. The second-order valence-electron chi connectivity index (χ2n) is 22.9. The van der Waals surface area contributed by atoms with Gasteiger partial charge in [0, 0.05) is 59.2 Å². The minimum atomic E-state index is -0.440. The molecular weight excluding hydrogens is 1220 g/mol. The number of urea groups is 2. The number of imidazole rings is 2. The number of ether oxygens (including phenoxy) is 4. The molecule has 12 aromatic rings. The molecule has 0 bridgehead atoms. The van der Waals surface area contributed by atoms with Gasteiger partial charge in [-0.05, 0) is 117 Å². The second kappa shape index (κ2) is 26.1. The van der Waals surface area contributed by atoms with E-state index in [-0.39, 0.29) is 42.5 Å². The van der Waals surface area contributed by atoms with Crippen LogP contribution in [0.3, 0.4) is 0 Å². The summed E-state index contributed by atoms with van der Waals surface area (Å²) in [5, 5.41) is 33.1. The molecule has 25 heteroatoms. The highest BCUT2D eigenvalue weighted by atomic mass is 35.5. The highest BCUT2D eigenvalue weighted by molar-refractivity contribution is 7.24. The van der Waals surface area contributed by atoms with Crippen LogP contribution in [-0.4, -0.2) is 94.2 Å². The summed E-state index contributed by atoms with van der Waals surface area (Å²) < 4.78 is 31.5. The Kier molecular flexibility index (Phi) is 17.8. The van der Waals surface area contributed by atoms with Gasteiger partial charge in [-0.25, -0.2) is 33.7 Å². The zero-order chi connectivity index (χ0) is 64.3. The molecule has 0 saturated carbocycles. The van der Waals surface area contributed by atoms with Crippen molar-refractivity contribution in [2.24, 2.45) is 0 Å². The number of aryl methyl sites for hydroxylation is 1. The van der Waals surface area contributed by atoms with Gasteiger partial charge in [0.2, 0.25) is 0 Å². The number of halogens is 1. The molecule has 0 spiro atoms. The summed E-state index contributed by atoms with van der Waals surface area (Å²) in [6.07, 6.45) is 3.21. The zero-order valence-electron chi connectivity index (χ0n) is 51.0. The maximum Gasteiger partial charge on any atom is 0.357 e. The van der Waals surface area contributed by atoms with E-state index in [1.807, 2.05) is 111 Å². The molecule has 0 fully saturated rings. The first-order valence-corrected chi connectivity index (χ1v) is 30.8. The number of nitrogens with zero attached hydrogens (tertiary/aromatic N) is 8. The molecule has 6 aromatic heterocycles. The number of aromatic nitrogens is 8. The monoisotopic (exact) mass is 1280 g/mol. The number of esters is 1. The number of carbonyl (C=O) groups is 4. The van der Waals surface area contributed by atoms with Crippen molar-refractivity contribution in [3.05, 3.63) is 185 Å². The van der Waals surface area contributed by atoms with Crippen molar-refractivity contribution >= 4 is 112 Å². The third-order valence-electron chi connectivity index (χ3n) is 14.1. The van der Waals surface area contributed by atoms with Crippen LogP contribution in [0.25, 0.3) is 41.7 Å². The normalized spacial score (nSPS) is 11.5. The molecular formula is C66H64ClN13O9S2. The number of amides is 5. The van der Waals surface area contributed by atoms with Crippen LogP contribution >= 0.6 is 34.3 Å². The average molecular weight is 1280 g/mol. The van der Waals surface area contributed by atoms with Crippen LogP contribution in [0.2, 0.25) is 5.02 Å². The van der Waals surface area contributed by atoms with Crippen LogP contribution in [0.5, 0.6) is 28.7 Å². The summed E-state index contributed by atoms with van der Waals surface area (Å²) in [6, 6.07) is 41.6. The van der Waals surface area contributed by atoms with Crippen molar-refractivity contribution in [3.63, 3.8) is 0 Å². The quantitative estimate of drug-likeness (QED) is 0.0493. The number of carbonyl (C=O) groups excluding carboxylic acids is 4. The number of aliphatic hydroxyl groups is 1. The summed E-state index contributed by atoms with van der Waals surface area (Å²) in [5.41, 5.74) is 7.47. The lowest BCUT2D eigenvalue weighted by atomic mass is 9.92. The molecule has 0 aliphatic rings. The third-order valence-corrected chi connectivity index (χ3v) is 16.4. The van der Waals surface area contributed by atoms with Gasteiger partial charge in [-0.2, -0.15) is 10.2 Å². The molecule has 0 saturated heterocycles.